The van der Waals surface area contributed by atoms with Crippen molar-refractivity contribution >= 4 is 47.2 Å². The maximum absolute atomic E-state index is 10.4. The summed E-state index contributed by atoms with van der Waals surface area (Å²) in [6.45, 7) is 2.02. The second-order valence-corrected chi connectivity index (χ2v) is 15.7. The van der Waals surface area contributed by atoms with Crippen LogP contribution in [0, 0.1) is 0 Å². The lowest BCUT2D eigenvalue weighted by atomic mass is 10.1. The Morgan fingerprint density at radius 2 is 1.29 bits per heavy atom. The van der Waals surface area contributed by atoms with Gasteiger partial charge in [0.2, 0.25) is 0 Å². The summed E-state index contributed by atoms with van der Waals surface area (Å²) in [4.78, 5) is 29.7. The first-order chi connectivity index (χ1) is 11.1. The van der Waals surface area contributed by atoms with E-state index in [9.17, 15) is 14.4 Å². The van der Waals surface area contributed by atoms with Gasteiger partial charge in [-0.25, -0.2) is 0 Å². The molecule has 12 heteroatoms. The number of halogens is 2. The molecular weight excluding hydrogens is 411 g/mol. The van der Waals surface area contributed by atoms with Gasteiger partial charge in [-0.3, -0.25) is 0 Å². The van der Waals surface area contributed by atoms with Gasteiger partial charge >= 0.3 is 25.0 Å². The monoisotopic (exact) mass is 440 g/mol. The zero-order chi connectivity index (χ0) is 18.7. The summed E-state index contributed by atoms with van der Waals surface area (Å²) in [6, 6.07) is 0.383. The van der Waals surface area contributed by atoms with Gasteiger partial charge in [-0.1, -0.05) is 45.4 Å². The SMILES string of the molecule is CCCCCCCC[Si](Cl)(Cl)O[Si](O)(OCC)O[Si](O)(O)OCC. The van der Waals surface area contributed by atoms with E-state index >= 15 is 0 Å². The molecule has 0 aliphatic rings. The standard InChI is InChI=1S/C12H30Cl2O7Si3/c1-4-7-8-9-10-11-12-22(13,14)20-24(17,19-6-3)21-23(15,16)18-5-2/h15-17H,4-12H2,1-3H3. The molecule has 0 aromatic carbocycles. The Morgan fingerprint density at radius 1 is 0.750 bits per heavy atom. The molecular formula is C12H30Cl2O7Si3. The first-order valence-electron chi connectivity index (χ1n) is 8.33. The topological polar surface area (TPSA) is 97.6 Å². The minimum absolute atomic E-state index is 0.00207. The number of hydrogen-bond donors (Lipinski definition) is 3. The van der Waals surface area contributed by atoms with Crippen LogP contribution in [-0.2, 0) is 17.1 Å². The molecule has 0 saturated carbocycles. The third-order valence-corrected chi connectivity index (χ3v) is 12.1. The van der Waals surface area contributed by atoms with E-state index in [1.54, 1.807) is 13.8 Å². The number of rotatable bonds is 15. The summed E-state index contributed by atoms with van der Waals surface area (Å²) in [7, 11) is -8.97. The van der Waals surface area contributed by atoms with Gasteiger partial charge in [-0.2, -0.15) is 0 Å². The molecule has 0 aliphatic carbocycles. The predicted octanol–water partition coefficient (Wildman–Crippen LogP) is 2.72. The maximum Gasteiger partial charge on any atom is 0.668 e. The van der Waals surface area contributed by atoms with E-state index in [-0.39, 0.29) is 13.2 Å². The van der Waals surface area contributed by atoms with E-state index in [0.29, 0.717) is 6.04 Å². The lowest BCUT2D eigenvalue weighted by Crippen LogP contribution is -2.60. The molecule has 0 fully saturated rings. The highest BCUT2D eigenvalue weighted by molar-refractivity contribution is 7.43. The molecule has 3 N–H and O–H groups in total. The molecule has 24 heavy (non-hydrogen) atoms. The first-order valence-corrected chi connectivity index (χ1v) is 15.8. The number of unbranched alkanes of at least 4 members (excludes halogenated alkanes) is 5. The molecule has 0 heterocycles. The van der Waals surface area contributed by atoms with Crippen molar-refractivity contribution in [1.29, 1.82) is 0 Å². The van der Waals surface area contributed by atoms with Crippen molar-refractivity contribution in [3.05, 3.63) is 0 Å². The fourth-order valence-electron chi connectivity index (χ4n) is 2.00. The second kappa shape index (κ2) is 12.4. The molecule has 0 saturated heterocycles. The Labute approximate surface area is 157 Å². The lowest BCUT2D eigenvalue weighted by Gasteiger charge is -2.31. The van der Waals surface area contributed by atoms with Crippen molar-refractivity contribution in [3.8, 4) is 0 Å². The highest BCUT2D eigenvalue weighted by Gasteiger charge is 2.57. The summed E-state index contributed by atoms with van der Waals surface area (Å²) in [5, 5.41) is 0. The van der Waals surface area contributed by atoms with Crippen LogP contribution in [0.2, 0.25) is 6.04 Å². The highest BCUT2D eigenvalue weighted by Crippen LogP contribution is 2.30. The van der Waals surface area contributed by atoms with Crippen LogP contribution < -0.4 is 0 Å². The van der Waals surface area contributed by atoms with Crippen molar-refractivity contribution in [3.63, 3.8) is 0 Å². The summed E-state index contributed by atoms with van der Waals surface area (Å²) >= 11 is 12.4. The molecule has 0 spiro atoms. The third kappa shape index (κ3) is 12.3. The van der Waals surface area contributed by atoms with Crippen molar-refractivity contribution in [2.24, 2.45) is 0 Å². The maximum atomic E-state index is 10.4. The zero-order valence-electron chi connectivity index (χ0n) is 14.6. The zero-order valence-corrected chi connectivity index (χ0v) is 19.1. The Morgan fingerprint density at radius 3 is 1.83 bits per heavy atom. The fourth-order valence-corrected chi connectivity index (χ4v) is 10.5. The average molecular weight is 442 g/mol. The molecule has 0 aliphatic heterocycles. The van der Waals surface area contributed by atoms with Gasteiger partial charge < -0.3 is 31.5 Å². The van der Waals surface area contributed by atoms with Crippen molar-refractivity contribution in [2.75, 3.05) is 13.2 Å². The first kappa shape index (κ1) is 25.0. The summed E-state index contributed by atoms with van der Waals surface area (Å²) in [5.41, 5.74) is 0. The molecule has 0 bridgehead atoms. The van der Waals surface area contributed by atoms with Gasteiger partial charge in [0, 0.05) is 13.2 Å². The van der Waals surface area contributed by atoms with E-state index in [2.05, 4.69) is 6.92 Å². The quantitative estimate of drug-likeness (QED) is 0.204. The molecule has 146 valence electrons. The van der Waals surface area contributed by atoms with Gasteiger partial charge in [-0.05, 0) is 19.9 Å². The van der Waals surface area contributed by atoms with E-state index < -0.39 is 25.0 Å². The van der Waals surface area contributed by atoms with E-state index in [4.69, 9.17) is 39.2 Å². The molecule has 1 unspecified atom stereocenters. The summed E-state index contributed by atoms with van der Waals surface area (Å²) in [6.07, 6.45) is 6.34. The van der Waals surface area contributed by atoms with Gasteiger partial charge in [0.15, 0.2) is 0 Å². The molecule has 0 amide bonds. The van der Waals surface area contributed by atoms with Crippen LogP contribution in [0.5, 0.6) is 0 Å². The largest absolute Gasteiger partial charge is 0.668 e. The minimum Gasteiger partial charge on any atom is -0.368 e. The fraction of sp³-hybridized carbons (Fsp3) is 1.00. The van der Waals surface area contributed by atoms with Crippen LogP contribution in [0.25, 0.3) is 0 Å². The van der Waals surface area contributed by atoms with Gasteiger partial charge in [-0.15, -0.1) is 22.2 Å². The van der Waals surface area contributed by atoms with Gasteiger partial charge in [0.1, 0.15) is 0 Å². The smallest absolute Gasteiger partial charge is 0.368 e. The van der Waals surface area contributed by atoms with Crippen molar-refractivity contribution in [2.45, 2.75) is 65.3 Å². The molecule has 0 aromatic rings. The van der Waals surface area contributed by atoms with Crippen LogP contribution in [0.15, 0.2) is 0 Å². The molecule has 7 nitrogen and oxygen atoms in total. The summed E-state index contributed by atoms with van der Waals surface area (Å²) < 4.78 is 19.9. The van der Waals surface area contributed by atoms with E-state index in [1.807, 2.05) is 0 Å². The Kier molecular flexibility index (Phi) is 12.8. The van der Waals surface area contributed by atoms with Gasteiger partial charge in [0.05, 0.1) is 0 Å². The molecule has 1 atom stereocenters. The van der Waals surface area contributed by atoms with Crippen LogP contribution in [0.1, 0.15) is 59.3 Å². The molecule has 0 rings (SSSR count). The predicted molar refractivity (Wildman–Crippen MR) is 99.2 cm³/mol. The van der Waals surface area contributed by atoms with E-state index in [0.717, 1.165) is 25.7 Å². The number of hydrogen-bond acceptors (Lipinski definition) is 7. The lowest BCUT2D eigenvalue weighted by molar-refractivity contribution is 0.00438. The van der Waals surface area contributed by atoms with Crippen LogP contribution in [-0.4, -0.2) is 52.6 Å². The van der Waals surface area contributed by atoms with Crippen molar-refractivity contribution < 1.29 is 31.5 Å². The van der Waals surface area contributed by atoms with Crippen molar-refractivity contribution in [1.82, 2.24) is 0 Å². The Hall–Kier alpha value is 0.951. The van der Waals surface area contributed by atoms with Gasteiger partial charge in [0.25, 0.3) is 0 Å². The Bertz CT molecular complexity index is 340. The normalized spacial score (nSPS) is 15.5. The highest BCUT2D eigenvalue weighted by atomic mass is 35.7. The summed E-state index contributed by atoms with van der Waals surface area (Å²) in [5.74, 6) is 0. The van der Waals surface area contributed by atoms with Crippen LogP contribution in [0.3, 0.4) is 0 Å². The average Bonchev–Trinajstić information content (AvgIpc) is 2.40. The second-order valence-electron chi connectivity index (χ2n) is 5.30. The van der Waals surface area contributed by atoms with Crippen LogP contribution >= 0.6 is 22.2 Å². The molecule has 0 aromatic heterocycles. The van der Waals surface area contributed by atoms with E-state index in [1.165, 1.54) is 12.8 Å². The third-order valence-electron chi connectivity index (χ3n) is 3.02. The molecule has 0 radical (unpaired) electrons. The Balaban J connectivity index is 4.54. The van der Waals surface area contributed by atoms with Crippen LogP contribution in [0.4, 0.5) is 0 Å². The minimum atomic E-state index is -4.56.